The van der Waals surface area contributed by atoms with Gasteiger partial charge in [-0.05, 0) is 79.1 Å². The first kappa shape index (κ1) is 33.9. The van der Waals surface area contributed by atoms with Crippen molar-refractivity contribution in [1.29, 1.82) is 5.26 Å². The highest BCUT2D eigenvalue weighted by atomic mass is 35.5. The van der Waals surface area contributed by atoms with Crippen molar-refractivity contribution in [1.82, 2.24) is 24.3 Å². The van der Waals surface area contributed by atoms with Crippen molar-refractivity contribution in [2.75, 3.05) is 44.3 Å². The summed E-state index contributed by atoms with van der Waals surface area (Å²) in [6.07, 6.45) is 2.16. The molecule has 11 nitrogen and oxygen atoms in total. The van der Waals surface area contributed by atoms with Crippen molar-refractivity contribution >= 4 is 34.9 Å². The van der Waals surface area contributed by atoms with Crippen LogP contribution in [0.3, 0.4) is 0 Å². The number of rotatable bonds is 7. The number of amides is 2. The minimum atomic E-state index is -0.421. The standard InChI is InChI=1S/C39H36ClN7O4/c1-25-32(39(50)47(28-8-10-29(48)11-9-28)37-13-15-42-36(23-41)43-37)22-34(44(25)2)33-21-27(40)7-12-31(33)38(49)46-16-14-26-5-3-4-6-30(26)35(46)24-45-17-19-51-20-18-45/h3-13,15,21-22,35,48H,14,16-20,24H2,1-2H3. The van der Waals surface area contributed by atoms with Gasteiger partial charge in [0.2, 0.25) is 5.82 Å². The van der Waals surface area contributed by atoms with Gasteiger partial charge < -0.3 is 19.3 Å². The van der Waals surface area contributed by atoms with Gasteiger partial charge >= 0.3 is 0 Å². The van der Waals surface area contributed by atoms with E-state index in [1.807, 2.05) is 41.6 Å². The van der Waals surface area contributed by atoms with Crippen LogP contribution in [0, 0.1) is 18.3 Å². The average molecular weight is 702 g/mol. The molecule has 2 aliphatic heterocycles. The van der Waals surface area contributed by atoms with Gasteiger partial charge in [-0.3, -0.25) is 19.4 Å². The number of ether oxygens (including phenoxy) is 1. The van der Waals surface area contributed by atoms with Gasteiger partial charge in [0.05, 0.1) is 30.5 Å². The van der Waals surface area contributed by atoms with Crippen LogP contribution in [-0.2, 0) is 18.2 Å². The Morgan fingerprint density at radius 1 is 1.02 bits per heavy atom. The molecule has 0 radical (unpaired) electrons. The summed E-state index contributed by atoms with van der Waals surface area (Å²) >= 11 is 6.61. The number of phenolic OH excluding ortho intramolecular Hbond substituents is 1. The van der Waals surface area contributed by atoms with Crippen LogP contribution in [0.15, 0.2) is 85.1 Å². The Bertz CT molecular complexity index is 2150. The zero-order valence-electron chi connectivity index (χ0n) is 28.3. The number of anilines is 2. The highest BCUT2D eigenvalue weighted by Gasteiger charge is 2.35. The lowest BCUT2D eigenvalue weighted by molar-refractivity contribution is 0.0201. The van der Waals surface area contributed by atoms with Crippen molar-refractivity contribution in [3.05, 3.63) is 124 Å². The molecule has 1 atom stereocenters. The third kappa shape index (κ3) is 6.69. The largest absolute Gasteiger partial charge is 0.508 e. The minimum absolute atomic E-state index is 0.0345. The molecular formula is C39H36ClN7O4. The van der Waals surface area contributed by atoms with E-state index in [2.05, 4.69) is 27.0 Å². The van der Waals surface area contributed by atoms with Crippen LogP contribution in [-0.4, -0.2) is 80.6 Å². The maximum atomic E-state index is 14.8. The van der Waals surface area contributed by atoms with Gasteiger partial charge in [0.1, 0.15) is 17.6 Å². The summed E-state index contributed by atoms with van der Waals surface area (Å²) in [6.45, 7) is 6.03. The van der Waals surface area contributed by atoms with Crippen LogP contribution in [0.1, 0.15) is 49.4 Å². The molecule has 2 aliphatic rings. The lowest BCUT2D eigenvalue weighted by Crippen LogP contribution is -2.47. The molecule has 0 bridgehead atoms. The fourth-order valence-corrected chi connectivity index (χ4v) is 7.14. The van der Waals surface area contributed by atoms with Crippen molar-refractivity contribution < 1.29 is 19.4 Å². The maximum Gasteiger partial charge on any atom is 0.265 e. The van der Waals surface area contributed by atoms with E-state index in [4.69, 9.17) is 16.3 Å². The first-order valence-electron chi connectivity index (χ1n) is 16.7. The van der Waals surface area contributed by atoms with Crippen molar-refractivity contribution in [2.24, 2.45) is 7.05 Å². The summed E-state index contributed by atoms with van der Waals surface area (Å²) < 4.78 is 7.48. The van der Waals surface area contributed by atoms with Gasteiger partial charge in [-0.2, -0.15) is 5.26 Å². The average Bonchev–Trinajstić information content (AvgIpc) is 3.46. The molecule has 0 aliphatic carbocycles. The molecule has 258 valence electrons. The van der Waals surface area contributed by atoms with Crippen LogP contribution in [0.4, 0.5) is 11.5 Å². The molecule has 7 rings (SSSR count). The van der Waals surface area contributed by atoms with Gasteiger partial charge in [0.15, 0.2) is 0 Å². The first-order chi connectivity index (χ1) is 24.7. The SMILES string of the molecule is Cc1c(C(=O)N(c2ccc(O)cc2)c2ccnc(C#N)n2)cc(-c2cc(Cl)ccc2C(=O)N2CCc3ccccc3C2CN2CCOCC2)n1C. The normalized spacial score (nSPS) is 16.0. The van der Waals surface area contributed by atoms with E-state index >= 15 is 0 Å². The second-order valence-corrected chi connectivity index (χ2v) is 13.1. The summed E-state index contributed by atoms with van der Waals surface area (Å²) in [4.78, 5) is 43.3. The third-order valence-corrected chi connectivity index (χ3v) is 9.98. The number of halogens is 1. The predicted molar refractivity (Wildman–Crippen MR) is 193 cm³/mol. The lowest BCUT2D eigenvalue weighted by atomic mass is 9.91. The number of hydrogen-bond donors (Lipinski definition) is 1. The lowest BCUT2D eigenvalue weighted by Gasteiger charge is -2.41. The quantitative estimate of drug-likeness (QED) is 0.217. The number of morpholine rings is 1. The number of nitrogens with zero attached hydrogens (tertiary/aromatic N) is 7. The zero-order chi connectivity index (χ0) is 35.6. The molecule has 1 saturated heterocycles. The Balaban J connectivity index is 1.29. The van der Waals surface area contributed by atoms with Crippen molar-refractivity contribution in [3.8, 4) is 23.1 Å². The molecule has 1 N–H and O–H groups in total. The fourth-order valence-electron chi connectivity index (χ4n) is 6.97. The van der Waals surface area contributed by atoms with E-state index in [9.17, 15) is 20.0 Å². The Labute approximate surface area is 300 Å². The van der Waals surface area contributed by atoms with Crippen LogP contribution in [0.25, 0.3) is 11.3 Å². The monoisotopic (exact) mass is 701 g/mol. The molecule has 1 fully saturated rings. The summed E-state index contributed by atoms with van der Waals surface area (Å²) in [5, 5.41) is 19.9. The minimum Gasteiger partial charge on any atom is -0.508 e. The number of aromatic nitrogens is 3. The Hall–Kier alpha value is -5.54. The predicted octanol–water partition coefficient (Wildman–Crippen LogP) is 6.07. The number of nitriles is 1. The van der Waals surface area contributed by atoms with Crippen LogP contribution >= 0.6 is 11.6 Å². The van der Waals surface area contributed by atoms with E-state index in [0.29, 0.717) is 65.1 Å². The molecule has 0 spiro atoms. The van der Waals surface area contributed by atoms with E-state index in [1.165, 1.54) is 28.8 Å². The molecule has 3 aromatic carbocycles. The molecule has 1 unspecified atom stereocenters. The van der Waals surface area contributed by atoms with Gasteiger partial charge in [-0.1, -0.05) is 35.9 Å². The van der Waals surface area contributed by atoms with Gasteiger partial charge in [0.25, 0.3) is 11.8 Å². The second kappa shape index (κ2) is 14.4. The summed E-state index contributed by atoms with van der Waals surface area (Å²) in [6, 6.07) is 24.8. The molecule has 2 aromatic heterocycles. The first-order valence-corrected chi connectivity index (χ1v) is 17.1. The summed E-state index contributed by atoms with van der Waals surface area (Å²) in [7, 11) is 1.85. The summed E-state index contributed by atoms with van der Waals surface area (Å²) in [5.41, 5.74) is 5.55. The molecular weight excluding hydrogens is 666 g/mol. The van der Waals surface area contributed by atoms with Crippen LogP contribution in [0.5, 0.6) is 5.75 Å². The van der Waals surface area contributed by atoms with Crippen molar-refractivity contribution in [3.63, 3.8) is 0 Å². The van der Waals surface area contributed by atoms with Gasteiger partial charge in [0, 0.05) is 67.0 Å². The number of carbonyl (C=O) groups excluding carboxylic acids is 2. The third-order valence-electron chi connectivity index (χ3n) is 9.74. The molecule has 4 heterocycles. The van der Waals surface area contributed by atoms with E-state index in [1.54, 1.807) is 42.5 Å². The summed E-state index contributed by atoms with van der Waals surface area (Å²) in [5.74, 6) is -0.402. The van der Waals surface area contributed by atoms with E-state index < -0.39 is 5.91 Å². The zero-order valence-corrected chi connectivity index (χ0v) is 29.0. The van der Waals surface area contributed by atoms with Gasteiger partial charge in [-0.15, -0.1) is 0 Å². The number of fused-ring (bicyclic) bond motifs is 1. The molecule has 5 aromatic rings. The van der Waals surface area contributed by atoms with Crippen molar-refractivity contribution in [2.45, 2.75) is 19.4 Å². The highest BCUT2D eigenvalue weighted by molar-refractivity contribution is 6.31. The second-order valence-electron chi connectivity index (χ2n) is 12.7. The molecule has 12 heteroatoms. The maximum absolute atomic E-state index is 14.8. The highest BCUT2D eigenvalue weighted by Crippen LogP contribution is 2.37. The molecule has 0 saturated carbocycles. The number of carbonyl (C=O) groups is 2. The molecule has 2 amide bonds. The number of aromatic hydroxyl groups is 1. The Morgan fingerprint density at radius 2 is 1.78 bits per heavy atom. The van der Waals surface area contributed by atoms with Crippen LogP contribution in [0.2, 0.25) is 5.02 Å². The van der Waals surface area contributed by atoms with Gasteiger partial charge in [-0.25, -0.2) is 9.97 Å². The van der Waals surface area contributed by atoms with E-state index in [0.717, 1.165) is 25.1 Å². The van der Waals surface area contributed by atoms with E-state index in [-0.39, 0.29) is 29.3 Å². The smallest absolute Gasteiger partial charge is 0.265 e. The number of phenols is 1. The Kier molecular flexibility index (Phi) is 9.56. The fraction of sp³-hybridized carbons (Fsp3) is 0.256. The Morgan fingerprint density at radius 3 is 2.55 bits per heavy atom. The topological polar surface area (TPSA) is 128 Å². The molecule has 51 heavy (non-hydrogen) atoms. The number of hydrogen-bond acceptors (Lipinski definition) is 8. The number of benzene rings is 3. The van der Waals surface area contributed by atoms with Crippen LogP contribution < -0.4 is 4.90 Å².